The van der Waals surface area contributed by atoms with Gasteiger partial charge in [0, 0.05) is 38.3 Å². The molecule has 4 rings (SSSR count). The summed E-state index contributed by atoms with van der Waals surface area (Å²) in [5, 5.41) is 20.8. The third kappa shape index (κ3) is 3.99. The maximum Gasteiger partial charge on any atom is 0.270 e. The zero-order valence-corrected chi connectivity index (χ0v) is 17.4. The Morgan fingerprint density at radius 3 is 2.20 bits per heavy atom. The van der Waals surface area contributed by atoms with Gasteiger partial charge in [-0.3, -0.25) is 10.1 Å². The molecule has 2 aliphatic heterocycles. The standard InChI is InChI=1S/C21H25N3O5S/c25-19-6-3-16(4-7-19)17-9-13-22(14-10-17)20-8-5-18(24(26)27)15-21(20)30(28,29)23-11-1-2-12-23/h3-8,15,17,25H,1-2,9-14H2. The van der Waals surface area contributed by atoms with Crippen LogP contribution in [0.4, 0.5) is 11.4 Å². The van der Waals surface area contributed by atoms with E-state index in [1.165, 1.54) is 16.4 Å². The molecule has 160 valence electrons. The third-order valence-corrected chi connectivity index (χ3v) is 7.96. The summed E-state index contributed by atoms with van der Waals surface area (Å²) in [4.78, 5) is 12.8. The summed E-state index contributed by atoms with van der Waals surface area (Å²) in [7, 11) is -3.79. The Balaban J connectivity index is 1.61. The van der Waals surface area contributed by atoms with Crippen molar-refractivity contribution in [3.8, 4) is 5.75 Å². The Bertz CT molecular complexity index is 1030. The Morgan fingerprint density at radius 2 is 1.60 bits per heavy atom. The first-order chi connectivity index (χ1) is 14.4. The monoisotopic (exact) mass is 431 g/mol. The van der Waals surface area contributed by atoms with Gasteiger partial charge in [0.2, 0.25) is 10.0 Å². The van der Waals surface area contributed by atoms with Crippen molar-refractivity contribution in [3.05, 3.63) is 58.1 Å². The predicted octanol–water partition coefficient (Wildman–Crippen LogP) is 3.47. The smallest absolute Gasteiger partial charge is 0.270 e. The first-order valence-electron chi connectivity index (χ1n) is 10.2. The van der Waals surface area contributed by atoms with Gasteiger partial charge in [0.15, 0.2) is 0 Å². The van der Waals surface area contributed by atoms with Crippen molar-refractivity contribution in [1.29, 1.82) is 0 Å². The molecular formula is C21H25N3O5S. The van der Waals surface area contributed by atoms with E-state index in [4.69, 9.17) is 0 Å². The van der Waals surface area contributed by atoms with Gasteiger partial charge < -0.3 is 10.0 Å². The predicted molar refractivity (Wildman–Crippen MR) is 113 cm³/mol. The van der Waals surface area contributed by atoms with E-state index in [1.807, 2.05) is 17.0 Å². The van der Waals surface area contributed by atoms with Gasteiger partial charge in [0.05, 0.1) is 10.6 Å². The molecule has 1 N–H and O–H groups in total. The number of hydrogen-bond donors (Lipinski definition) is 1. The van der Waals surface area contributed by atoms with Crippen LogP contribution in [-0.2, 0) is 10.0 Å². The summed E-state index contributed by atoms with van der Waals surface area (Å²) in [5.41, 5.74) is 1.48. The fraction of sp³-hybridized carbons (Fsp3) is 0.429. The van der Waals surface area contributed by atoms with Gasteiger partial charge in [0.1, 0.15) is 10.6 Å². The molecule has 2 aromatic rings. The lowest BCUT2D eigenvalue weighted by molar-refractivity contribution is -0.385. The van der Waals surface area contributed by atoms with Gasteiger partial charge in [-0.1, -0.05) is 12.1 Å². The number of sulfonamides is 1. The molecule has 0 spiro atoms. The third-order valence-electron chi connectivity index (χ3n) is 6.04. The fourth-order valence-corrected chi connectivity index (χ4v) is 6.10. The van der Waals surface area contributed by atoms with Crippen LogP contribution >= 0.6 is 0 Å². The lowest BCUT2D eigenvalue weighted by atomic mass is 9.89. The van der Waals surface area contributed by atoms with E-state index in [9.17, 15) is 23.6 Å². The van der Waals surface area contributed by atoms with Crippen molar-refractivity contribution in [2.75, 3.05) is 31.1 Å². The van der Waals surface area contributed by atoms with E-state index in [-0.39, 0.29) is 16.3 Å². The molecule has 0 radical (unpaired) electrons. The molecule has 0 atom stereocenters. The summed E-state index contributed by atoms with van der Waals surface area (Å²) in [5.74, 6) is 0.567. The van der Waals surface area contributed by atoms with E-state index in [2.05, 4.69) is 0 Å². The second-order valence-electron chi connectivity index (χ2n) is 7.87. The SMILES string of the molecule is O=[N+]([O-])c1ccc(N2CCC(c3ccc(O)cc3)CC2)c(S(=O)(=O)N2CCCC2)c1. The lowest BCUT2D eigenvalue weighted by Gasteiger charge is -2.35. The van der Waals surface area contributed by atoms with E-state index in [1.54, 1.807) is 18.2 Å². The van der Waals surface area contributed by atoms with Gasteiger partial charge in [-0.25, -0.2) is 8.42 Å². The van der Waals surface area contributed by atoms with Crippen LogP contribution in [0.25, 0.3) is 0 Å². The van der Waals surface area contributed by atoms with Gasteiger partial charge in [-0.2, -0.15) is 4.31 Å². The molecule has 9 heteroatoms. The number of benzene rings is 2. The molecule has 2 aromatic carbocycles. The van der Waals surface area contributed by atoms with Gasteiger partial charge in [-0.05, 0) is 55.4 Å². The zero-order chi connectivity index (χ0) is 21.3. The lowest BCUT2D eigenvalue weighted by Crippen LogP contribution is -2.35. The molecule has 8 nitrogen and oxygen atoms in total. The minimum atomic E-state index is -3.79. The molecular weight excluding hydrogens is 406 g/mol. The summed E-state index contributed by atoms with van der Waals surface area (Å²) in [6.45, 7) is 2.22. The van der Waals surface area contributed by atoms with Crippen LogP contribution in [-0.4, -0.2) is 48.9 Å². The second-order valence-corrected chi connectivity index (χ2v) is 9.78. The van der Waals surface area contributed by atoms with E-state index < -0.39 is 14.9 Å². The largest absolute Gasteiger partial charge is 0.508 e. The van der Waals surface area contributed by atoms with Crippen LogP contribution in [0.2, 0.25) is 0 Å². The highest BCUT2D eigenvalue weighted by molar-refractivity contribution is 7.89. The van der Waals surface area contributed by atoms with Crippen LogP contribution in [0.15, 0.2) is 47.4 Å². The molecule has 2 saturated heterocycles. The quantitative estimate of drug-likeness (QED) is 0.574. The number of nitro groups is 1. The number of nitrogens with zero attached hydrogens (tertiary/aromatic N) is 3. The molecule has 0 aromatic heterocycles. The van der Waals surface area contributed by atoms with Crippen LogP contribution in [0.3, 0.4) is 0 Å². The van der Waals surface area contributed by atoms with Crippen LogP contribution < -0.4 is 4.90 Å². The summed E-state index contributed by atoms with van der Waals surface area (Å²) in [6.07, 6.45) is 3.29. The average molecular weight is 432 g/mol. The highest BCUT2D eigenvalue weighted by Crippen LogP contribution is 2.37. The van der Waals surface area contributed by atoms with Gasteiger partial charge >= 0.3 is 0 Å². The summed E-state index contributed by atoms with van der Waals surface area (Å²) in [6, 6.07) is 11.4. The van der Waals surface area contributed by atoms with Gasteiger partial charge in [0.25, 0.3) is 5.69 Å². The van der Waals surface area contributed by atoms with Crippen molar-refractivity contribution in [2.45, 2.75) is 36.5 Å². The number of rotatable bonds is 5. The molecule has 0 amide bonds. The molecule has 0 unspecified atom stereocenters. The second kappa shape index (κ2) is 8.23. The number of anilines is 1. The Hall–Kier alpha value is -2.65. The number of phenolic OH excluding ortho intramolecular Hbond substituents is 1. The number of nitro benzene ring substituents is 1. The maximum atomic E-state index is 13.2. The number of piperidine rings is 1. The normalized spacial score (nSPS) is 18.6. The first kappa shape index (κ1) is 20.6. The maximum absolute atomic E-state index is 13.2. The summed E-state index contributed by atoms with van der Waals surface area (Å²) < 4.78 is 27.9. The number of phenols is 1. The van der Waals surface area contributed by atoms with E-state index in [0.29, 0.717) is 37.8 Å². The number of hydrogen-bond acceptors (Lipinski definition) is 6. The highest BCUT2D eigenvalue weighted by atomic mass is 32.2. The van der Waals surface area contributed by atoms with Crippen LogP contribution in [0.1, 0.15) is 37.2 Å². The van der Waals surface area contributed by atoms with Gasteiger partial charge in [-0.15, -0.1) is 0 Å². The van der Waals surface area contributed by atoms with Crippen molar-refractivity contribution in [2.24, 2.45) is 0 Å². The molecule has 0 bridgehead atoms. The fourth-order valence-electron chi connectivity index (χ4n) is 4.35. The average Bonchev–Trinajstić information content (AvgIpc) is 3.30. The van der Waals surface area contributed by atoms with Crippen molar-refractivity contribution in [3.63, 3.8) is 0 Å². The van der Waals surface area contributed by atoms with E-state index in [0.717, 1.165) is 31.2 Å². The number of non-ortho nitro benzene ring substituents is 1. The Kier molecular flexibility index (Phi) is 5.66. The minimum absolute atomic E-state index is 0.0293. The Morgan fingerprint density at radius 1 is 0.967 bits per heavy atom. The van der Waals surface area contributed by atoms with Crippen LogP contribution in [0.5, 0.6) is 5.75 Å². The molecule has 2 aliphatic rings. The molecule has 2 fully saturated rings. The summed E-state index contributed by atoms with van der Waals surface area (Å²) >= 11 is 0. The van der Waals surface area contributed by atoms with Crippen LogP contribution in [0, 0.1) is 10.1 Å². The zero-order valence-electron chi connectivity index (χ0n) is 16.6. The van der Waals surface area contributed by atoms with Crippen molar-refractivity contribution >= 4 is 21.4 Å². The molecule has 2 heterocycles. The molecule has 30 heavy (non-hydrogen) atoms. The van der Waals surface area contributed by atoms with E-state index >= 15 is 0 Å². The minimum Gasteiger partial charge on any atom is -0.508 e. The Labute approximate surface area is 175 Å². The first-order valence-corrected chi connectivity index (χ1v) is 11.6. The number of aromatic hydroxyl groups is 1. The molecule has 0 saturated carbocycles. The van der Waals surface area contributed by atoms with Crippen molar-refractivity contribution in [1.82, 2.24) is 4.31 Å². The topological polar surface area (TPSA) is 104 Å². The molecule has 0 aliphatic carbocycles. The van der Waals surface area contributed by atoms with Crippen molar-refractivity contribution < 1.29 is 18.4 Å². The highest BCUT2D eigenvalue weighted by Gasteiger charge is 2.33.